The predicted molar refractivity (Wildman–Crippen MR) is 148 cm³/mol. The molecule has 36 heavy (non-hydrogen) atoms. The maximum absolute atomic E-state index is 5.58. The first-order chi connectivity index (χ1) is 17.8. The number of benzene rings is 5. The van der Waals surface area contributed by atoms with E-state index >= 15 is 0 Å². The minimum Gasteiger partial charge on any atom is -0.497 e. The van der Waals surface area contributed by atoms with Crippen molar-refractivity contribution in [2.75, 3.05) is 7.11 Å². The average molecular weight is 466 g/mol. The Balaban J connectivity index is 1.48. The molecule has 0 atom stereocenters. The molecule has 0 fully saturated rings. The van der Waals surface area contributed by atoms with Gasteiger partial charge in [-0.3, -0.25) is 0 Å². The number of para-hydroxylation sites is 4. The summed E-state index contributed by atoms with van der Waals surface area (Å²) < 4.78 is 7.91. The van der Waals surface area contributed by atoms with Crippen molar-refractivity contribution in [3.05, 3.63) is 115 Å². The van der Waals surface area contributed by atoms with Crippen LogP contribution in [0, 0.1) is 0 Å². The lowest BCUT2D eigenvalue weighted by molar-refractivity contribution is 0.415. The van der Waals surface area contributed by atoms with Gasteiger partial charge in [-0.25, -0.2) is 4.98 Å². The third-order valence-corrected chi connectivity index (χ3v) is 6.87. The second kappa shape index (κ2) is 8.14. The van der Waals surface area contributed by atoms with E-state index in [4.69, 9.17) is 9.72 Å². The summed E-state index contributed by atoms with van der Waals surface area (Å²) in [5.41, 5.74) is 8.75. The first-order valence-corrected chi connectivity index (χ1v) is 12.0. The van der Waals surface area contributed by atoms with Crippen molar-refractivity contribution in [3.63, 3.8) is 0 Å². The molecule has 0 saturated carbocycles. The minimum atomic E-state index is 0.802. The molecule has 7 rings (SSSR count). The molecule has 1 N–H and O–H groups in total. The monoisotopic (exact) mass is 465 g/mol. The molecule has 0 aliphatic carbocycles. The van der Waals surface area contributed by atoms with Gasteiger partial charge in [-0.1, -0.05) is 54.6 Å². The average Bonchev–Trinajstić information content (AvgIpc) is 3.52. The van der Waals surface area contributed by atoms with Crippen molar-refractivity contribution in [2.24, 2.45) is 0 Å². The van der Waals surface area contributed by atoms with Gasteiger partial charge in [0.05, 0.1) is 29.2 Å². The van der Waals surface area contributed by atoms with Gasteiger partial charge in [0.25, 0.3) is 0 Å². The molecular formula is C32H23N3O. The number of aromatic nitrogens is 3. The highest BCUT2D eigenvalue weighted by molar-refractivity contribution is 6.10. The number of nitrogens with zero attached hydrogens (tertiary/aromatic N) is 2. The fraction of sp³-hybridized carbons (Fsp3) is 0.0312. The summed E-state index contributed by atoms with van der Waals surface area (Å²) in [6, 6.07) is 40.2. The summed E-state index contributed by atoms with van der Waals surface area (Å²) in [5, 5.41) is 2.45. The van der Waals surface area contributed by atoms with Gasteiger partial charge < -0.3 is 14.3 Å². The van der Waals surface area contributed by atoms with Crippen LogP contribution < -0.4 is 4.74 Å². The Hall–Kier alpha value is -4.83. The van der Waals surface area contributed by atoms with Crippen LogP contribution in [0.15, 0.2) is 115 Å². The Morgan fingerprint density at radius 2 is 1.44 bits per heavy atom. The number of aromatic amines is 1. The molecule has 0 amide bonds. The van der Waals surface area contributed by atoms with Crippen molar-refractivity contribution in [3.8, 4) is 34.0 Å². The van der Waals surface area contributed by atoms with Gasteiger partial charge in [0.1, 0.15) is 11.6 Å². The van der Waals surface area contributed by atoms with E-state index in [1.165, 1.54) is 21.8 Å². The number of nitrogens with one attached hydrogen (secondary N) is 1. The van der Waals surface area contributed by atoms with E-state index in [9.17, 15) is 0 Å². The topological polar surface area (TPSA) is 42.8 Å². The lowest BCUT2D eigenvalue weighted by atomic mass is 9.97. The summed E-state index contributed by atoms with van der Waals surface area (Å²) in [4.78, 5) is 8.38. The largest absolute Gasteiger partial charge is 0.497 e. The number of methoxy groups -OCH3 is 1. The SMILES string of the molecule is COc1ccc(-c2ccc3c(c2)c2ccccc2n3-c2ccccc2)c(-c2nc3ccccc3[nH]2)c1. The zero-order valence-electron chi connectivity index (χ0n) is 19.8. The van der Waals surface area contributed by atoms with Gasteiger partial charge in [0.2, 0.25) is 0 Å². The van der Waals surface area contributed by atoms with Gasteiger partial charge in [-0.05, 0) is 71.8 Å². The van der Waals surface area contributed by atoms with Gasteiger partial charge >= 0.3 is 0 Å². The van der Waals surface area contributed by atoms with Crippen LogP contribution in [-0.4, -0.2) is 21.6 Å². The molecule has 0 aliphatic heterocycles. The number of fused-ring (bicyclic) bond motifs is 4. The van der Waals surface area contributed by atoms with Crippen molar-refractivity contribution < 1.29 is 4.74 Å². The summed E-state index contributed by atoms with van der Waals surface area (Å²) in [6.45, 7) is 0. The van der Waals surface area contributed by atoms with Crippen LogP contribution in [0.2, 0.25) is 0 Å². The zero-order chi connectivity index (χ0) is 24.1. The van der Waals surface area contributed by atoms with Crippen LogP contribution in [0.1, 0.15) is 0 Å². The molecular weight excluding hydrogens is 442 g/mol. The number of imidazole rings is 1. The molecule has 0 saturated heterocycles. The normalized spacial score (nSPS) is 11.5. The summed E-state index contributed by atoms with van der Waals surface area (Å²) >= 11 is 0. The van der Waals surface area contributed by atoms with Crippen LogP contribution in [0.3, 0.4) is 0 Å². The second-order valence-electron chi connectivity index (χ2n) is 8.93. The highest BCUT2D eigenvalue weighted by Crippen LogP contribution is 2.39. The molecule has 2 heterocycles. The number of rotatable bonds is 4. The molecule has 0 unspecified atom stereocenters. The van der Waals surface area contributed by atoms with Gasteiger partial charge in [-0.15, -0.1) is 0 Å². The number of hydrogen-bond acceptors (Lipinski definition) is 2. The van der Waals surface area contributed by atoms with E-state index in [0.717, 1.165) is 45.0 Å². The minimum absolute atomic E-state index is 0.802. The smallest absolute Gasteiger partial charge is 0.139 e. The third-order valence-electron chi connectivity index (χ3n) is 6.87. The van der Waals surface area contributed by atoms with E-state index in [-0.39, 0.29) is 0 Å². The molecule has 0 radical (unpaired) electrons. The van der Waals surface area contributed by atoms with Crippen molar-refractivity contribution in [1.82, 2.24) is 14.5 Å². The van der Waals surface area contributed by atoms with Crippen molar-refractivity contribution >= 4 is 32.8 Å². The molecule has 4 nitrogen and oxygen atoms in total. The Labute approximate surface area is 208 Å². The summed E-state index contributed by atoms with van der Waals surface area (Å²) in [6.07, 6.45) is 0. The van der Waals surface area contributed by atoms with Crippen LogP contribution >= 0.6 is 0 Å². The number of ether oxygens (including phenoxy) is 1. The maximum atomic E-state index is 5.58. The highest BCUT2D eigenvalue weighted by Gasteiger charge is 2.16. The molecule has 0 aliphatic rings. The Kier molecular flexibility index (Phi) is 4.64. The van der Waals surface area contributed by atoms with Gasteiger partial charge in [0.15, 0.2) is 0 Å². The first kappa shape index (κ1) is 20.5. The van der Waals surface area contributed by atoms with Crippen LogP contribution in [0.25, 0.3) is 61.0 Å². The number of hydrogen-bond donors (Lipinski definition) is 1. The van der Waals surface area contributed by atoms with Crippen LogP contribution in [0.4, 0.5) is 0 Å². The summed E-state index contributed by atoms with van der Waals surface area (Å²) in [5.74, 6) is 1.63. The fourth-order valence-corrected chi connectivity index (χ4v) is 5.17. The molecule has 7 aromatic rings. The van der Waals surface area contributed by atoms with Gasteiger partial charge in [0, 0.05) is 22.0 Å². The van der Waals surface area contributed by atoms with Crippen LogP contribution in [-0.2, 0) is 0 Å². The van der Waals surface area contributed by atoms with E-state index in [0.29, 0.717) is 0 Å². The number of H-pyrrole nitrogens is 1. The molecule has 4 heteroatoms. The lowest BCUT2D eigenvalue weighted by Crippen LogP contribution is -1.93. The third kappa shape index (κ3) is 3.19. The molecule has 172 valence electrons. The quantitative estimate of drug-likeness (QED) is 0.286. The van der Waals surface area contributed by atoms with Gasteiger partial charge in [-0.2, -0.15) is 0 Å². The van der Waals surface area contributed by atoms with E-state index in [1.54, 1.807) is 7.11 Å². The Bertz CT molecular complexity index is 1850. The standard InChI is InChI=1S/C32H23N3O/c1-36-23-16-17-24(27(20-23)32-33-28-12-6-7-13-29(28)34-32)21-15-18-31-26(19-21)25-11-5-8-14-30(25)35(31)22-9-3-2-4-10-22/h2-20H,1H3,(H,33,34). The molecule has 0 spiro atoms. The van der Waals surface area contributed by atoms with E-state index in [2.05, 4.69) is 101 Å². The predicted octanol–water partition coefficient (Wildman–Crippen LogP) is 8.00. The fourth-order valence-electron chi connectivity index (χ4n) is 5.17. The zero-order valence-corrected chi connectivity index (χ0v) is 19.8. The lowest BCUT2D eigenvalue weighted by Gasteiger charge is -2.11. The molecule has 2 aromatic heterocycles. The van der Waals surface area contributed by atoms with Crippen molar-refractivity contribution in [2.45, 2.75) is 0 Å². The van der Waals surface area contributed by atoms with Crippen LogP contribution in [0.5, 0.6) is 5.75 Å². The highest BCUT2D eigenvalue weighted by atomic mass is 16.5. The molecule has 5 aromatic carbocycles. The first-order valence-electron chi connectivity index (χ1n) is 12.0. The van der Waals surface area contributed by atoms with Crippen molar-refractivity contribution in [1.29, 1.82) is 0 Å². The molecule has 0 bridgehead atoms. The Morgan fingerprint density at radius 3 is 2.31 bits per heavy atom. The maximum Gasteiger partial charge on any atom is 0.139 e. The Morgan fingerprint density at radius 1 is 0.667 bits per heavy atom. The van der Waals surface area contributed by atoms with E-state index < -0.39 is 0 Å². The second-order valence-corrected chi connectivity index (χ2v) is 8.93. The van der Waals surface area contributed by atoms with E-state index in [1.807, 2.05) is 24.3 Å². The summed E-state index contributed by atoms with van der Waals surface area (Å²) in [7, 11) is 1.70.